The smallest absolute Gasteiger partial charge is 0.231 e. The third-order valence-corrected chi connectivity index (χ3v) is 5.44. The van der Waals surface area contributed by atoms with Gasteiger partial charge in [-0.05, 0) is 11.6 Å². The molecule has 0 spiro atoms. The third-order valence-electron chi connectivity index (χ3n) is 5.09. The molecule has 0 atom stereocenters. The van der Waals surface area contributed by atoms with E-state index in [1.54, 1.807) is 0 Å². The van der Waals surface area contributed by atoms with Crippen molar-refractivity contribution in [1.82, 2.24) is 19.7 Å². The van der Waals surface area contributed by atoms with Gasteiger partial charge in [0.15, 0.2) is 17.3 Å². The van der Waals surface area contributed by atoms with E-state index in [-0.39, 0.29) is 6.79 Å². The molecule has 0 saturated carbocycles. The van der Waals surface area contributed by atoms with Crippen LogP contribution in [0.5, 0.6) is 11.5 Å². The Morgan fingerprint density at radius 3 is 2.63 bits per heavy atom. The van der Waals surface area contributed by atoms with E-state index in [1.165, 1.54) is 0 Å². The Balaban J connectivity index is 1.34. The quantitative estimate of drug-likeness (QED) is 0.695. The van der Waals surface area contributed by atoms with Gasteiger partial charge in [-0.3, -0.25) is 4.90 Å². The molecule has 1 aromatic heterocycles. The molecule has 0 saturated heterocycles. The second kappa shape index (κ2) is 6.87. The molecule has 0 amide bonds. The van der Waals surface area contributed by atoms with Gasteiger partial charge in [0.05, 0.1) is 0 Å². The zero-order chi connectivity index (χ0) is 18.2. The minimum atomic E-state index is 0.259. The van der Waals surface area contributed by atoms with Crippen LogP contribution in [-0.4, -0.2) is 39.5 Å². The summed E-state index contributed by atoms with van der Waals surface area (Å²) < 4.78 is 13.1. The summed E-state index contributed by atoms with van der Waals surface area (Å²) in [5.41, 5.74) is 2.16. The maximum Gasteiger partial charge on any atom is 0.231 e. The molecule has 138 valence electrons. The number of halogens is 1. The first-order valence-electron chi connectivity index (χ1n) is 9.06. The van der Waals surface area contributed by atoms with E-state index in [1.807, 2.05) is 30.3 Å². The second-order valence-electron chi connectivity index (χ2n) is 6.78. The number of ether oxygens (including phenoxy) is 2. The molecule has 27 heavy (non-hydrogen) atoms. The summed E-state index contributed by atoms with van der Waals surface area (Å²) in [7, 11) is 0. The number of fused-ring (bicyclic) bond motifs is 2. The highest BCUT2D eigenvalue weighted by Gasteiger charge is 2.22. The number of rotatable bonds is 3. The van der Waals surface area contributed by atoms with Crippen LogP contribution in [0.3, 0.4) is 0 Å². The molecule has 0 fully saturated rings. The lowest BCUT2D eigenvalue weighted by molar-refractivity contribution is 0.174. The standard InChI is InChI=1S/C20H19ClN4O2/c21-16-11-18-17(26-13-27-18)10-15(16)12-24-7-6-19-22-23-20(25(19)9-8-24)14-4-2-1-3-5-14/h1-5,10-11H,6-9,12-13H2. The van der Waals surface area contributed by atoms with Crippen LogP contribution in [0.1, 0.15) is 11.4 Å². The molecule has 7 heteroatoms. The zero-order valence-corrected chi connectivity index (χ0v) is 15.5. The topological polar surface area (TPSA) is 52.4 Å². The van der Waals surface area contributed by atoms with Crippen LogP contribution in [0.15, 0.2) is 42.5 Å². The van der Waals surface area contributed by atoms with E-state index in [9.17, 15) is 0 Å². The highest BCUT2D eigenvalue weighted by atomic mass is 35.5. The molecule has 6 nitrogen and oxygen atoms in total. The van der Waals surface area contributed by atoms with Crippen LogP contribution < -0.4 is 9.47 Å². The first-order valence-corrected chi connectivity index (χ1v) is 9.43. The van der Waals surface area contributed by atoms with Crippen LogP contribution in [0.2, 0.25) is 5.02 Å². The van der Waals surface area contributed by atoms with Crippen molar-refractivity contribution < 1.29 is 9.47 Å². The van der Waals surface area contributed by atoms with Crippen molar-refractivity contribution in [3.05, 3.63) is 58.9 Å². The molecule has 0 radical (unpaired) electrons. The highest BCUT2D eigenvalue weighted by molar-refractivity contribution is 6.31. The lowest BCUT2D eigenvalue weighted by atomic mass is 10.2. The van der Waals surface area contributed by atoms with Gasteiger partial charge in [-0.15, -0.1) is 10.2 Å². The summed E-state index contributed by atoms with van der Waals surface area (Å²) in [6.45, 7) is 3.71. The summed E-state index contributed by atoms with van der Waals surface area (Å²) in [5, 5.41) is 9.55. The minimum Gasteiger partial charge on any atom is -0.454 e. The lowest BCUT2D eigenvalue weighted by Gasteiger charge is -2.20. The van der Waals surface area contributed by atoms with E-state index < -0.39 is 0 Å². The number of nitrogens with zero attached hydrogens (tertiary/aromatic N) is 4. The highest BCUT2D eigenvalue weighted by Crippen LogP contribution is 2.37. The average Bonchev–Trinajstić information content (AvgIpc) is 3.26. The Bertz CT molecular complexity index is 974. The predicted molar refractivity (Wildman–Crippen MR) is 102 cm³/mol. The van der Waals surface area contributed by atoms with E-state index in [0.29, 0.717) is 5.02 Å². The Morgan fingerprint density at radius 1 is 0.963 bits per heavy atom. The Morgan fingerprint density at radius 2 is 1.78 bits per heavy atom. The summed E-state index contributed by atoms with van der Waals surface area (Å²) in [4.78, 5) is 2.40. The predicted octanol–water partition coefficient (Wildman–Crippen LogP) is 3.39. The number of aromatic nitrogens is 3. The third kappa shape index (κ3) is 3.15. The van der Waals surface area contributed by atoms with Gasteiger partial charge < -0.3 is 14.0 Å². The number of hydrogen-bond acceptors (Lipinski definition) is 5. The molecule has 0 bridgehead atoms. The fourth-order valence-corrected chi connectivity index (χ4v) is 3.86. The maximum atomic E-state index is 6.45. The molecule has 0 unspecified atom stereocenters. The Hall–Kier alpha value is -2.57. The van der Waals surface area contributed by atoms with Crippen molar-refractivity contribution in [3.8, 4) is 22.9 Å². The van der Waals surface area contributed by atoms with E-state index in [2.05, 4.69) is 31.8 Å². The average molecular weight is 383 g/mol. The molecule has 0 aliphatic carbocycles. The molecular weight excluding hydrogens is 364 g/mol. The minimum absolute atomic E-state index is 0.259. The second-order valence-corrected chi connectivity index (χ2v) is 7.19. The van der Waals surface area contributed by atoms with Crippen molar-refractivity contribution >= 4 is 11.6 Å². The fraction of sp³-hybridized carbons (Fsp3) is 0.300. The first kappa shape index (κ1) is 16.6. The van der Waals surface area contributed by atoms with Gasteiger partial charge >= 0.3 is 0 Å². The Labute approximate surface area is 162 Å². The SMILES string of the molecule is Clc1cc2c(cc1CN1CCc3nnc(-c4ccccc4)n3CC1)OCO2. The van der Waals surface area contributed by atoms with Crippen LogP contribution in [0.4, 0.5) is 0 Å². The van der Waals surface area contributed by atoms with Crippen molar-refractivity contribution in [2.45, 2.75) is 19.5 Å². The van der Waals surface area contributed by atoms with Crippen LogP contribution in [-0.2, 0) is 19.5 Å². The summed E-state index contributed by atoms with van der Waals surface area (Å²) in [5.74, 6) is 3.47. The van der Waals surface area contributed by atoms with E-state index >= 15 is 0 Å². The molecular formula is C20H19ClN4O2. The van der Waals surface area contributed by atoms with Gasteiger partial charge in [-0.1, -0.05) is 41.9 Å². The van der Waals surface area contributed by atoms with Gasteiger partial charge in [-0.2, -0.15) is 0 Å². The van der Waals surface area contributed by atoms with Crippen LogP contribution >= 0.6 is 11.6 Å². The van der Waals surface area contributed by atoms with E-state index in [0.717, 1.165) is 66.9 Å². The van der Waals surface area contributed by atoms with Gasteiger partial charge in [0.1, 0.15) is 5.82 Å². The molecule has 2 aliphatic rings. The van der Waals surface area contributed by atoms with E-state index in [4.69, 9.17) is 21.1 Å². The van der Waals surface area contributed by atoms with Crippen molar-refractivity contribution in [2.75, 3.05) is 19.9 Å². The summed E-state index contributed by atoms with van der Waals surface area (Å²) >= 11 is 6.45. The zero-order valence-electron chi connectivity index (χ0n) is 14.8. The maximum absolute atomic E-state index is 6.45. The largest absolute Gasteiger partial charge is 0.454 e. The number of benzene rings is 2. The first-order chi connectivity index (χ1) is 13.3. The van der Waals surface area contributed by atoms with Gasteiger partial charge in [0.2, 0.25) is 6.79 Å². The van der Waals surface area contributed by atoms with Gasteiger partial charge in [-0.25, -0.2) is 0 Å². The molecule has 2 aliphatic heterocycles. The molecule has 3 aromatic rings. The van der Waals surface area contributed by atoms with Crippen molar-refractivity contribution in [3.63, 3.8) is 0 Å². The monoisotopic (exact) mass is 382 g/mol. The molecule has 2 aromatic carbocycles. The van der Waals surface area contributed by atoms with Crippen LogP contribution in [0.25, 0.3) is 11.4 Å². The number of hydrogen-bond donors (Lipinski definition) is 0. The molecule has 5 rings (SSSR count). The summed E-state index contributed by atoms with van der Waals surface area (Å²) in [6, 6.07) is 14.1. The lowest BCUT2D eigenvalue weighted by Crippen LogP contribution is -2.26. The van der Waals surface area contributed by atoms with Crippen molar-refractivity contribution in [1.29, 1.82) is 0 Å². The van der Waals surface area contributed by atoms with Gasteiger partial charge in [0.25, 0.3) is 0 Å². The van der Waals surface area contributed by atoms with Crippen molar-refractivity contribution in [2.24, 2.45) is 0 Å². The fourth-order valence-electron chi connectivity index (χ4n) is 3.65. The Kier molecular flexibility index (Phi) is 4.22. The van der Waals surface area contributed by atoms with Gasteiger partial charge in [0, 0.05) is 49.3 Å². The summed E-state index contributed by atoms with van der Waals surface area (Å²) in [6.07, 6.45) is 0.863. The molecule has 3 heterocycles. The normalized spacial score (nSPS) is 16.2. The molecule has 0 N–H and O–H groups in total. The van der Waals surface area contributed by atoms with Crippen LogP contribution in [0, 0.1) is 0 Å².